The summed E-state index contributed by atoms with van der Waals surface area (Å²) in [4.78, 5) is 24.9. The molecule has 0 fully saturated rings. The van der Waals surface area contributed by atoms with Crippen molar-refractivity contribution in [2.45, 2.75) is 6.54 Å². The fourth-order valence-corrected chi connectivity index (χ4v) is 2.73. The Bertz CT molecular complexity index is 970. The van der Waals surface area contributed by atoms with E-state index in [9.17, 15) is 9.59 Å². The molecule has 0 bridgehead atoms. The molecule has 0 atom stereocenters. The number of nitrogens with one attached hydrogen (secondary N) is 2. The van der Waals surface area contributed by atoms with Crippen molar-refractivity contribution in [1.82, 2.24) is 31.1 Å². The normalized spacial score (nSPS) is 10.5. The van der Waals surface area contributed by atoms with Gasteiger partial charge in [-0.1, -0.05) is 34.8 Å². The zero-order chi connectivity index (χ0) is 19.4. The minimum absolute atomic E-state index is 0.248. The molecule has 0 radical (unpaired) electrons. The molecule has 2 N–H and O–H groups in total. The first-order chi connectivity index (χ1) is 12.9. The molecule has 3 aromatic rings. The summed E-state index contributed by atoms with van der Waals surface area (Å²) in [7, 11) is 0. The van der Waals surface area contributed by atoms with Crippen LogP contribution in [0.1, 0.15) is 10.4 Å². The molecule has 0 unspecified atom stereocenters. The van der Waals surface area contributed by atoms with Gasteiger partial charge < -0.3 is 0 Å². The molecule has 2 amide bonds. The van der Waals surface area contributed by atoms with Gasteiger partial charge in [0.25, 0.3) is 11.8 Å². The maximum atomic E-state index is 11.9. The smallest absolute Gasteiger partial charge is 0.269 e. The van der Waals surface area contributed by atoms with Crippen LogP contribution >= 0.6 is 34.8 Å². The van der Waals surface area contributed by atoms with Gasteiger partial charge in [0.05, 0.1) is 0 Å². The van der Waals surface area contributed by atoms with Crippen LogP contribution in [0.25, 0.3) is 11.4 Å². The summed E-state index contributed by atoms with van der Waals surface area (Å²) < 4.78 is 0. The van der Waals surface area contributed by atoms with Gasteiger partial charge in [-0.25, -0.2) is 0 Å². The standard InChI is InChI=1S/C16H11Cl3N6O2/c17-11-3-1-9(2-4-11)16(27)22-20-14(26)8-25-23-15(21-24-25)10-5-12(18)7-13(19)6-10/h1-7H,8H2,(H,20,26)(H,22,27). The molecule has 0 saturated heterocycles. The number of carbonyl (C=O) groups excluding carboxylic acids is 2. The lowest BCUT2D eigenvalue weighted by atomic mass is 10.2. The van der Waals surface area contributed by atoms with Crippen molar-refractivity contribution in [1.29, 1.82) is 0 Å². The first kappa shape index (κ1) is 19.1. The van der Waals surface area contributed by atoms with Crippen molar-refractivity contribution in [3.8, 4) is 11.4 Å². The predicted molar refractivity (Wildman–Crippen MR) is 100 cm³/mol. The monoisotopic (exact) mass is 424 g/mol. The number of amides is 2. The number of halogens is 3. The van der Waals surface area contributed by atoms with E-state index < -0.39 is 11.8 Å². The van der Waals surface area contributed by atoms with Gasteiger partial charge in [-0.05, 0) is 47.7 Å². The average Bonchev–Trinajstić information content (AvgIpc) is 3.08. The highest BCUT2D eigenvalue weighted by Crippen LogP contribution is 2.24. The summed E-state index contributed by atoms with van der Waals surface area (Å²) in [5.41, 5.74) is 5.47. The lowest BCUT2D eigenvalue weighted by molar-refractivity contribution is -0.122. The van der Waals surface area contributed by atoms with Crippen LogP contribution in [0, 0.1) is 0 Å². The van der Waals surface area contributed by atoms with E-state index in [2.05, 4.69) is 26.3 Å². The van der Waals surface area contributed by atoms with Crippen molar-refractivity contribution in [2.75, 3.05) is 0 Å². The number of hydrazine groups is 1. The molecule has 11 heteroatoms. The van der Waals surface area contributed by atoms with Crippen LogP contribution in [0.4, 0.5) is 0 Å². The Kier molecular flexibility index (Phi) is 5.90. The summed E-state index contributed by atoms with van der Waals surface area (Å²) in [6.45, 7) is -0.248. The second kappa shape index (κ2) is 8.34. The van der Waals surface area contributed by atoms with E-state index in [-0.39, 0.29) is 12.4 Å². The number of carbonyl (C=O) groups is 2. The zero-order valence-corrected chi connectivity index (χ0v) is 15.8. The Morgan fingerprint density at radius 3 is 2.26 bits per heavy atom. The first-order valence-electron chi connectivity index (χ1n) is 7.50. The second-order valence-corrected chi connectivity index (χ2v) is 6.62. The molecule has 3 rings (SSSR count). The third kappa shape index (κ3) is 5.16. The molecule has 0 aliphatic rings. The topological polar surface area (TPSA) is 102 Å². The van der Waals surface area contributed by atoms with Gasteiger partial charge in [-0.3, -0.25) is 20.4 Å². The van der Waals surface area contributed by atoms with Crippen LogP contribution < -0.4 is 10.9 Å². The minimum atomic E-state index is -0.537. The number of tetrazole rings is 1. The highest BCUT2D eigenvalue weighted by molar-refractivity contribution is 6.35. The van der Waals surface area contributed by atoms with E-state index >= 15 is 0 Å². The Morgan fingerprint density at radius 1 is 0.926 bits per heavy atom. The molecule has 2 aromatic carbocycles. The van der Waals surface area contributed by atoms with Gasteiger partial charge in [0, 0.05) is 26.2 Å². The van der Waals surface area contributed by atoms with Gasteiger partial charge in [-0.2, -0.15) is 4.80 Å². The predicted octanol–water partition coefficient (Wildman–Crippen LogP) is 2.76. The Labute approximate surface area is 168 Å². The largest absolute Gasteiger partial charge is 0.271 e. The highest BCUT2D eigenvalue weighted by Gasteiger charge is 2.12. The summed E-state index contributed by atoms with van der Waals surface area (Å²) in [6, 6.07) is 11.0. The second-order valence-electron chi connectivity index (χ2n) is 5.31. The summed E-state index contributed by atoms with van der Waals surface area (Å²) >= 11 is 17.6. The molecular formula is C16H11Cl3N6O2. The summed E-state index contributed by atoms with van der Waals surface area (Å²) in [5, 5.41) is 13.1. The fraction of sp³-hybridized carbons (Fsp3) is 0.0625. The number of hydrogen-bond acceptors (Lipinski definition) is 5. The van der Waals surface area contributed by atoms with E-state index in [0.29, 0.717) is 26.2 Å². The highest BCUT2D eigenvalue weighted by atomic mass is 35.5. The molecule has 1 heterocycles. The number of aromatic nitrogens is 4. The first-order valence-corrected chi connectivity index (χ1v) is 8.63. The van der Waals surface area contributed by atoms with Gasteiger partial charge in [0.1, 0.15) is 6.54 Å². The molecule has 1 aromatic heterocycles. The van der Waals surface area contributed by atoms with Crippen molar-refractivity contribution in [3.63, 3.8) is 0 Å². The fourth-order valence-electron chi connectivity index (χ4n) is 2.08. The number of rotatable bonds is 4. The number of hydrogen-bond donors (Lipinski definition) is 2. The maximum Gasteiger partial charge on any atom is 0.269 e. The Morgan fingerprint density at radius 2 is 1.59 bits per heavy atom. The molecule has 8 nitrogen and oxygen atoms in total. The van der Waals surface area contributed by atoms with Crippen LogP contribution in [0.15, 0.2) is 42.5 Å². The van der Waals surface area contributed by atoms with Crippen molar-refractivity contribution >= 4 is 46.6 Å². The maximum absolute atomic E-state index is 11.9. The van der Waals surface area contributed by atoms with E-state index in [1.807, 2.05) is 0 Å². The SMILES string of the molecule is O=C(Cn1nnc(-c2cc(Cl)cc(Cl)c2)n1)NNC(=O)c1ccc(Cl)cc1. The average molecular weight is 426 g/mol. The van der Waals surface area contributed by atoms with Gasteiger partial charge >= 0.3 is 0 Å². The van der Waals surface area contributed by atoms with Gasteiger partial charge in [0.15, 0.2) is 0 Å². The minimum Gasteiger partial charge on any atom is -0.271 e. The van der Waals surface area contributed by atoms with Crippen molar-refractivity contribution in [2.24, 2.45) is 0 Å². The number of benzene rings is 2. The Balaban J connectivity index is 1.57. The van der Waals surface area contributed by atoms with E-state index in [1.54, 1.807) is 30.3 Å². The molecular weight excluding hydrogens is 415 g/mol. The molecule has 0 aliphatic carbocycles. The lowest BCUT2D eigenvalue weighted by Crippen LogP contribution is -2.43. The molecule has 138 valence electrons. The van der Waals surface area contributed by atoms with Crippen molar-refractivity contribution in [3.05, 3.63) is 63.1 Å². The quantitative estimate of drug-likeness (QED) is 0.626. The van der Waals surface area contributed by atoms with E-state index in [4.69, 9.17) is 34.8 Å². The van der Waals surface area contributed by atoms with Crippen LogP contribution in [0.2, 0.25) is 15.1 Å². The van der Waals surface area contributed by atoms with Crippen LogP contribution in [0.3, 0.4) is 0 Å². The van der Waals surface area contributed by atoms with E-state index in [1.165, 1.54) is 12.1 Å². The summed E-state index contributed by atoms with van der Waals surface area (Å²) in [5.74, 6) is -0.761. The Hall–Kier alpha value is -2.68. The van der Waals surface area contributed by atoms with Crippen LogP contribution in [-0.4, -0.2) is 32.0 Å². The van der Waals surface area contributed by atoms with Gasteiger partial charge in [-0.15, -0.1) is 10.2 Å². The number of nitrogens with zero attached hydrogens (tertiary/aromatic N) is 4. The molecule has 27 heavy (non-hydrogen) atoms. The lowest BCUT2D eigenvalue weighted by Gasteiger charge is -2.06. The third-order valence-corrected chi connectivity index (χ3v) is 3.97. The molecule has 0 aliphatic heterocycles. The van der Waals surface area contributed by atoms with Crippen molar-refractivity contribution < 1.29 is 9.59 Å². The van der Waals surface area contributed by atoms with Crippen LogP contribution in [0.5, 0.6) is 0 Å². The zero-order valence-electron chi connectivity index (χ0n) is 13.5. The van der Waals surface area contributed by atoms with E-state index in [0.717, 1.165) is 4.80 Å². The van der Waals surface area contributed by atoms with Gasteiger partial charge in [0.2, 0.25) is 5.82 Å². The summed E-state index contributed by atoms with van der Waals surface area (Å²) in [6.07, 6.45) is 0. The van der Waals surface area contributed by atoms with Crippen LogP contribution in [-0.2, 0) is 11.3 Å². The molecule has 0 spiro atoms. The molecule has 0 saturated carbocycles. The third-order valence-electron chi connectivity index (χ3n) is 3.28.